The largest absolute Gasteiger partial charge is 0.496 e. The van der Waals surface area contributed by atoms with Crippen LogP contribution in [0.1, 0.15) is 22.7 Å². The number of benzene rings is 2. The van der Waals surface area contributed by atoms with Gasteiger partial charge in [-0.05, 0) is 55.3 Å². The molecular weight excluding hydrogens is 270 g/mol. The molecule has 1 atom stereocenters. The van der Waals surface area contributed by atoms with Gasteiger partial charge in [0, 0.05) is 11.1 Å². The molecule has 2 aromatic carbocycles. The quantitative estimate of drug-likeness (QED) is 0.892. The highest BCUT2D eigenvalue weighted by Gasteiger charge is 2.12. The van der Waals surface area contributed by atoms with Crippen LogP contribution in [0.25, 0.3) is 0 Å². The third-order valence-corrected chi connectivity index (χ3v) is 3.79. The van der Waals surface area contributed by atoms with Crippen molar-refractivity contribution in [2.24, 2.45) is 0 Å². The van der Waals surface area contributed by atoms with Crippen LogP contribution in [0.4, 0.5) is 0 Å². The summed E-state index contributed by atoms with van der Waals surface area (Å²) in [5.74, 6) is 0.929. The van der Waals surface area contributed by atoms with Gasteiger partial charge in [-0.25, -0.2) is 0 Å². The summed E-state index contributed by atoms with van der Waals surface area (Å²) >= 11 is 5.92. The highest BCUT2D eigenvalue weighted by molar-refractivity contribution is 6.30. The van der Waals surface area contributed by atoms with Crippen LogP contribution >= 0.6 is 11.6 Å². The van der Waals surface area contributed by atoms with Gasteiger partial charge in [0.2, 0.25) is 0 Å². The van der Waals surface area contributed by atoms with E-state index >= 15 is 0 Å². The van der Waals surface area contributed by atoms with E-state index < -0.39 is 0 Å². The maximum Gasteiger partial charge on any atom is 0.122 e. The Bertz CT molecular complexity index is 566. The first-order chi connectivity index (χ1) is 9.63. The van der Waals surface area contributed by atoms with Crippen LogP contribution in [0.3, 0.4) is 0 Å². The minimum Gasteiger partial charge on any atom is -0.496 e. The van der Waals surface area contributed by atoms with E-state index in [-0.39, 0.29) is 6.04 Å². The lowest BCUT2D eigenvalue weighted by atomic mass is 9.98. The van der Waals surface area contributed by atoms with Crippen LogP contribution in [0, 0.1) is 6.92 Å². The van der Waals surface area contributed by atoms with Crippen molar-refractivity contribution in [2.45, 2.75) is 19.4 Å². The fourth-order valence-electron chi connectivity index (χ4n) is 2.30. The molecule has 3 heteroatoms. The van der Waals surface area contributed by atoms with Gasteiger partial charge in [-0.2, -0.15) is 0 Å². The molecule has 0 aliphatic rings. The van der Waals surface area contributed by atoms with Crippen molar-refractivity contribution >= 4 is 11.6 Å². The van der Waals surface area contributed by atoms with Crippen LogP contribution in [0.2, 0.25) is 5.02 Å². The Hall–Kier alpha value is -1.51. The van der Waals surface area contributed by atoms with Crippen molar-refractivity contribution in [1.29, 1.82) is 0 Å². The molecule has 0 aliphatic carbocycles. The van der Waals surface area contributed by atoms with E-state index in [1.54, 1.807) is 7.11 Å². The van der Waals surface area contributed by atoms with Gasteiger partial charge in [0.25, 0.3) is 0 Å². The van der Waals surface area contributed by atoms with E-state index in [0.29, 0.717) is 0 Å². The van der Waals surface area contributed by atoms with Gasteiger partial charge in [-0.15, -0.1) is 0 Å². The number of hydrogen-bond donors (Lipinski definition) is 1. The summed E-state index contributed by atoms with van der Waals surface area (Å²) in [6.45, 7) is 2.05. The highest BCUT2D eigenvalue weighted by Crippen LogP contribution is 2.25. The monoisotopic (exact) mass is 289 g/mol. The highest BCUT2D eigenvalue weighted by atomic mass is 35.5. The summed E-state index contributed by atoms with van der Waals surface area (Å²) in [5, 5.41) is 4.13. The molecule has 0 aliphatic heterocycles. The second kappa shape index (κ2) is 6.78. The molecule has 0 saturated heterocycles. The van der Waals surface area contributed by atoms with Crippen molar-refractivity contribution in [3.8, 4) is 5.75 Å². The Morgan fingerprint density at radius 3 is 2.45 bits per heavy atom. The Kier molecular flexibility index (Phi) is 5.05. The molecule has 0 aromatic heterocycles. The molecule has 0 spiro atoms. The van der Waals surface area contributed by atoms with Crippen LogP contribution in [-0.4, -0.2) is 14.2 Å². The Morgan fingerprint density at radius 1 is 1.15 bits per heavy atom. The van der Waals surface area contributed by atoms with E-state index in [2.05, 4.69) is 42.6 Å². The van der Waals surface area contributed by atoms with E-state index in [1.807, 2.05) is 19.2 Å². The minimum atomic E-state index is 0.255. The molecule has 0 radical (unpaired) electrons. The molecule has 0 fully saturated rings. The number of halogens is 1. The number of aryl methyl sites for hydroxylation is 1. The number of likely N-dealkylation sites (N-methyl/N-ethyl adjacent to an activating group) is 1. The van der Waals surface area contributed by atoms with Crippen molar-refractivity contribution in [3.05, 3.63) is 64.2 Å². The van der Waals surface area contributed by atoms with Gasteiger partial charge in [-0.3, -0.25) is 0 Å². The lowest BCUT2D eigenvalue weighted by Crippen LogP contribution is -2.19. The predicted molar refractivity (Wildman–Crippen MR) is 84.7 cm³/mol. The number of ether oxygens (including phenoxy) is 1. The van der Waals surface area contributed by atoms with Crippen LogP contribution in [0.15, 0.2) is 42.5 Å². The molecule has 1 unspecified atom stereocenters. The normalized spacial score (nSPS) is 12.2. The summed E-state index contributed by atoms with van der Waals surface area (Å²) in [6, 6.07) is 14.6. The first-order valence-electron chi connectivity index (χ1n) is 6.70. The van der Waals surface area contributed by atoms with Gasteiger partial charge >= 0.3 is 0 Å². The second-order valence-corrected chi connectivity index (χ2v) is 5.34. The number of methoxy groups -OCH3 is 1. The summed E-state index contributed by atoms with van der Waals surface area (Å²) < 4.78 is 5.40. The van der Waals surface area contributed by atoms with Crippen molar-refractivity contribution in [2.75, 3.05) is 14.2 Å². The first kappa shape index (κ1) is 14.9. The van der Waals surface area contributed by atoms with Gasteiger partial charge in [0.1, 0.15) is 5.75 Å². The van der Waals surface area contributed by atoms with E-state index in [1.165, 1.54) is 11.1 Å². The zero-order valence-electron chi connectivity index (χ0n) is 12.1. The lowest BCUT2D eigenvalue weighted by Gasteiger charge is -2.18. The fraction of sp³-hybridized carbons (Fsp3) is 0.294. The zero-order chi connectivity index (χ0) is 14.5. The van der Waals surface area contributed by atoms with Gasteiger partial charge in [-0.1, -0.05) is 35.9 Å². The average molecular weight is 290 g/mol. The minimum absolute atomic E-state index is 0.255. The molecule has 0 saturated carbocycles. The summed E-state index contributed by atoms with van der Waals surface area (Å²) in [4.78, 5) is 0. The third-order valence-electron chi connectivity index (χ3n) is 3.54. The molecule has 1 N–H and O–H groups in total. The predicted octanol–water partition coefficient (Wildman–Crippen LogP) is 4.16. The summed E-state index contributed by atoms with van der Waals surface area (Å²) in [6.07, 6.45) is 0.917. The van der Waals surface area contributed by atoms with Crippen LogP contribution in [-0.2, 0) is 6.42 Å². The Labute approximate surface area is 125 Å². The van der Waals surface area contributed by atoms with E-state index in [4.69, 9.17) is 16.3 Å². The van der Waals surface area contributed by atoms with E-state index in [0.717, 1.165) is 22.8 Å². The fourth-order valence-corrected chi connectivity index (χ4v) is 2.42. The molecule has 2 aromatic rings. The standard InChI is InChI=1S/C17H20ClNO/c1-12-4-7-14(11-17(12)20-3)16(19-2)10-13-5-8-15(18)9-6-13/h4-9,11,16,19H,10H2,1-3H3. The number of nitrogens with one attached hydrogen (secondary N) is 1. The molecule has 2 rings (SSSR count). The Morgan fingerprint density at radius 2 is 1.85 bits per heavy atom. The zero-order valence-corrected chi connectivity index (χ0v) is 12.9. The van der Waals surface area contributed by atoms with E-state index in [9.17, 15) is 0 Å². The van der Waals surface area contributed by atoms with Crippen LogP contribution in [0.5, 0.6) is 5.75 Å². The first-order valence-corrected chi connectivity index (χ1v) is 7.08. The van der Waals surface area contributed by atoms with Crippen molar-refractivity contribution < 1.29 is 4.74 Å². The molecule has 20 heavy (non-hydrogen) atoms. The third kappa shape index (κ3) is 3.53. The van der Waals surface area contributed by atoms with Crippen molar-refractivity contribution in [3.63, 3.8) is 0 Å². The summed E-state index contributed by atoms with van der Waals surface area (Å²) in [7, 11) is 3.69. The van der Waals surface area contributed by atoms with Gasteiger partial charge < -0.3 is 10.1 Å². The maximum absolute atomic E-state index is 5.92. The second-order valence-electron chi connectivity index (χ2n) is 4.90. The SMILES string of the molecule is CNC(Cc1ccc(Cl)cc1)c1ccc(C)c(OC)c1. The molecule has 2 nitrogen and oxygen atoms in total. The van der Waals surface area contributed by atoms with Crippen LogP contribution < -0.4 is 10.1 Å². The smallest absolute Gasteiger partial charge is 0.122 e. The molecule has 0 heterocycles. The summed E-state index contributed by atoms with van der Waals surface area (Å²) in [5.41, 5.74) is 3.63. The molecular formula is C17H20ClNO. The van der Waals surface area contributed by atoms with Gasteiger partial charge in [0.05, 0.1) is 7.11 Å². The topological polar surface area (TPSA) is 21.3 Å². The molecule has 106 valence electrons. The Balaban J connectivity index is 2.21. The molecule has 0 bridgehead atoms. The van der Waals surface area contributed by atoms with Crippen molar-refractivity contribution in [1.82, 2.24) is 5.32 Å². The lowest BCUT2D eigenvalue weighted by molar-refractivity contribution is 0.410. The number of rotatable bonds is 5. The molecule has 0 amide bonds. The number of hydrogen-bond acceptors (Lipinski definition) is 2. The van der Waals surface area contributed by atoms with Gasteiger partial charge in [0.15, 0.2) is 0 Å². The average Bonchev–Trinajstić information content (AvgIpc) is 2.47. The maximum atomic E-state index is 5.92.